The van der Waals surface area contributed by atoms with Crippen molar-refractivity contribution in [2.75, 3.05) is 13.0 Å². The lowest BCUT2D eigenvalue weighted by Crippen LogP contribution is -2.12. The van der Waals surface area contributed by atoms with E-state index in [-0.39, 0.29) is 30.5 Å². The average Bonchev–Trinajstić information content (AvgIpc) is 2.29. The van der Waals surface area contributed by atoms with Crippen molar-refractivity contribution in [1.82, 2.24) is 0 Å². The summed E-state index contributed by atoms with van der Waals surface area (Å²) in [5.74, 6) is -0.0993. The van der Waals surface area contributed by atoms with Crippen molar-refractivity contribution in [3.05, 3.63) is 34.9 Å². The van der Waals surface area contributed by atoms with E-state index >= 15 is 0 Å². The molecule has 0 saturated heterocycles. The van der Waals surface area contributed by atoms with Crippen LogP contribution in [0.1, 0.15) is 27.9 Å². The molecule has 0 aliphatic heterocycles. The van der Waals surface area contributed by atoms with E-state index < -0.39 is 0 Å². The van der Waals surface area contributed by atoms with Gasteiger partial charge in [-0.15, -0.1) is 11.6 Å². The lowest BCUT2D eigenvalue weighted by Gasteiger charge is -2.10. The monoisotopic (exact) mass is 254 g/mol. The summed E-state index contributed by atoms with van der Waals surface area (Å²) in [6, 6.07) is 5.44. The number of ketones is 1. The second-order valence-electron chi connectivity index (χ2n) is 3.72. The summed E-state index contributed by atoms with van der Waals surface area (Å²) in [5.41, 5.74) is 2.16. The molecule has 1 rings (SSSR count). The van der Waals surface area contributed by atoms with Gasteiger partial charge in [-0.1, -0.05) is 18.2 Å². The zero-order chi connectivity index (χ0) is 12.8. The van der Waals surface area contributed by atoms with E-state index in [4.69, 9.17) is 11.6 Å². The summed E-state index contributed by atoms with van der Waals surface area (Å²) in [5, 5.41) is 0. The van der Waals surface area contributed by atoms with E-state index in [1.165, 1.54) is 7.11 Å². The molecule has 0 amide bonds. The van der Waals surface area contributed by atoms with Gasteiger partial charge < -0.3 is 4.74 Å². The first kappa shape index (κ1) is 13.7. The van der Waals surface area contributed by atoms with Crippen molar-refractivity contribution in [2.24, 2.45) is 0 Å². The summed E-state index contributed by atoms with van der Waals surface area (Å²) >= 11 is 5.57. The van der Waals surface area contributed by atoms with Crippen LogP contribution in [0.15, 0.2) is 18.2 Å². The van der Waals surface area contributed by atoms with E-state index in [0.29, 0.717) is 11.1 Å². The number of hydrogen-bond donors (Lipinski definition) is 0. The van der Waals surface area contributed by atoms with E-state index in [1.807, 2.05) is 19.1 Å². The number of ether oxygens (including phenoxy) is 1. The molecule has 0 spiro atoms. The number of Topliss-reactive ketones (excluding diaryl/α,β-unsaturated/α-hetero) is 1. The summed E-state index contributed by atoms with van der Waals surface area (Å²) < 4.78 is 4.61. The first-order valence-electron chi connectivity index (χ1n) is 5.34. The van der Waals surface area contributed by atoms with E-state index in [9.17, 15) is 9.59 Å². The van der Waals surface area contributed by atoms with Crippen molar-refractivity contribution in [1.29, 1.82) is 0 Å². The maximum atomic E-state index is 11.9. The number of aryl methyl sites for hydroxylation is 1. The van der Waals surface area contributed by atoms with Crippen molar-refractivity contribution in [2.45, 2.75) is 19.8 Å². The minimum Gasteiger partial charge on any atom is -0.469 e. The Hall–Kier alpha value is -1.35. The Morgan fingerprint density at radius 1 is 1.35 bits per heavy atom. The number of rotatable bonds is 5. The molecule has 0 atom stereocenters. The summed E-state index contributed by atoms with van der Waals surface area (Å²) in [6.45, 7) is 1.85. The van der Waals surface area contributed by atoms with Gasteiger partial charge in [-0.3, -0.25) is 9.59 Å². The van der Waals surface area contributed by atoms with Gasteiger partial charge in [-0.05, 0) is 18.1 Å². The second-order valence-corrected chi connectivity index (χ2v) is 4.10. The first-order chi connectivity index (χ1) is 8.10. The van der Waals surface area contributed by atoms with Crippen molar-refractivity contribution < 1.29 is 14.3 Å². The fraction of sp³-hybridized carbons (Fsp3) is 0.385. The normalized spacial score (nSPS) is 10.1. The maximum absolute atomic E-state index is 11.9. The number of alkyl halides is 1. The molecule has 0 radical (unpaired) electrons. The van der Waals surface area contributed by atoms with Gasteiger partial charge in [0.2, 0.25) is 0 Å². The SMILES string of the molecule is COC(=O)Cc1cccc(C)c1C(=O)CCCl. The Kier molecular flexibility index (Phi) is 5.16. The van der Waals surface area contributed by atoms with Gasteiger partial charge in [-0.2, -0.15) is 0 Å². The Labute approximate surface area is 106 Å². The quantitative estimate of drug-likeness (QED) is 0.461. The average molecular weight is 255 g/mol. The molecule has 17 heavy (non-hydrogen) atoms. The molecule has 0 unspecified atom stereocenters. The Morgan fingerprint density at radius 3 is 2.65 bits per heavy atom. The van der Waals surface area contributed by atoms with Crippen molar-refractivity contribution in [3.8, 4) is 0 Å². The van der Waals surface area contributed by atoms with Crippen LogP contribution < -0.4 is 0 Å². The molecule has 0 bridgehead atoms. The molecule has 3 nitrogen and oxygen atoms in total. The third-order valence-corrected chi connectivity index (χ3v) is 2.71. The van der Waals surface area contributed by atoms with Crippen LogP contribution >= 0.6 is 11.6 Å². The molecule has 0 N–H and O–H groups in total. The van der Waals surface area contributed by atoms with Gasteiger partial charge in [0.05, 0.1) is 13.5 Å². The molecule has 1 aromatic rings. The summed E-state index contributed by atoms with van der Waals surface area (Å²) in [6.07, 6.45) is 0.391. The van der Waals surface area contributed by atoms with Gasteiger partial charge in [0.25, 0.3) is 0 Å². The number of carbonyl (C=O) groups excluding carboxylic acids is 2. The highest BCUT2D eigenvalue weighted by Crippen LogP contribution is 2.17. The van der Waals surface area contributed by atoms with Crippen LogP contribution in [0.2, 0.25) is 0 Å². The number of esters is 1. The fourth-order valence-corrected chi connectivity index (χ4v) is 1.88. The van der Waals surface area contributed by atoms with Gasteiger partial charge in [0.15, 0.2) is 5.78 Å². The van der Waals surface area contributed by atoms with E-state index in [1.54, 1.807) is 6.07 Å². The Morgan fingerprint density at radius 2 is 2.06 bits per heavy atom. The van der Waals surface area contributed by atoms with E-state index in [0.717, 1.165) is 5.56 Å². The second kappa shape index (κ2) is 6.40. The standard InChI is InChI=1S/C13H15ClO3/c1-9-4-3-5-10(8-12(16)17-2)13(9)11(15)6-7-14/h3-5H,6-8H2,1-2H3. The zero-order valence-electron chi connectivity index (χ0n) is 9.96. The van der Waals surface area contributed by atoms with Crippen LogP contribution in [0.3, 0.4) is 0 Å². The molecule has 1 aromatic carbocycles. The molecular weight excluding hydrogens is 240 g/mol. The third-order valence-electron chi connectivity index (χ3n) is 2.52. The smallest absolute Gasteiger partial charge is 0.310 e. The Bertz CT molecular complexity index is 427. The lowest BCUT2D eigenvalue weighted by molar-refractivity contribution is -0.139. The van der Waals surface area contributed by atoms with Crippen LogP contribution in [0.25, 0.3) is 0 Å². The van der Waals surface area contributed by atoms with Crippen LogP contribution in [0.5, 0.6) is 0 Å². The fourth-order valence-electron chi connectivity index (χ4n) is 1.71. The molecule has 0 aliphatic rings. The summed E-state index contributed by atoms with van der Waals surface area (Å²) in [4.78, 5) is 23.2. The Balaban J connectivity index is 3.08. The van der Waals surface area contributed by atoms with Crippen LogP contribution in [-0.4, -0.2) is 24.7 Å². The van der Waals surface area contributed by atoms with Gasteiger partial charge >= 0.3 is 5.97 Å². The highest BCUT2D eigenvalue weighted by molar-refractivity contribution is 6.19. The minimum absolute atomic E-state index is 0.0306. The largest absolute Gasteiger partial charge is 0.469 e. The predicted octanol–water partition coefficient (Wildman–Crippen LogP) is 2.52. The number of carbonyl (C=O) groups is 2. The van der Waals surface area contributed by atoms with Gasteiger partial charge in [0.1, 0.15) is 0 Å². The van der Waals surface area contributed by atoms with Crippen LogP contribution in [0.4, 0.5) is 0 Å². The molecule has 0 aliphatic carbocycles. The first-order valence-corrected chi connectivity index (χ1v) is 5.88. The van der Waals surface area contributed by atoms with Crippen LogP contribution in [-0.2, 0) is 16.0 Å². The lowest BCUT2D eigenvalue weighted by atomic mass is 9.95. The van der Waals surface area contributed by atoms with Crippen LogP contribution in [0, 0.1) is 6.92 Å². The molecule has 0 saturated carbocycles. The number of methoxy groups -OCH3 is 1. The highest BCUT2D eigenvalue weighted by Gasteiger charge is 2.15. The molecule has 92 valence electrons. The predicted molar refractivity (Wildman–Crippen MR) is 66.6 cm³/mol. The summed E-state index contributed by atoms with van der Waals surface area (Å²) in [7, 11) is 1.33. The zero-order valence-corrected chi connectivity index (χ0v) is 10.7. The number of halogens is 1. The third kappa shape index (κ3) is 3.56. The topological polar surface area (TPSA) is 43.4 Å². The minimum atomic E-state index is -0.351. The highest BCUT2D eigenvalue weighted by atomic mass is 35.5. The van der Waals surface area contributed by atoms with Crippen molar-refractivity contribution >= 4 is 23.4 Å². The van der Waals surface area contributed by atoms with Gasteiger partial charge in [-0.25, -0.2) is 0 Å². The molecule has 0 fully saturated rings. The number of hydrogen-bond acceptors (Lipinski definition) is 3. The maximum Gasteiger partial charge on any atom is 0.310 e. The molecule has 0 heterocycles. The van der Waals surface area contributed by atoms with E-state index in [2.05, 4.69) is 4.74 Å². The van der Waals surface area contributed by atoms with Crippen molar-refractivity contribution in [3.63, 3.8) is 0 Å². The molecule has 0 aromatic heterocycles. The number of benzene rings is 1. The molecule has 4 heteroatoms. The van der Waals surface area contributed by atoms with Gasteiger partial charge in [0, 0.05) is 17.9 Å². The molecular formula is C13H15ClO3.